The highest BCUT2D eigenvalue weighted by Crippen LogP contribution is 2.06. The maximum Gasteiger partial charge on any atom is 0.267 e. The minimum atomic E-state index is -0.130. The largest absolute Gasteiger partial charge is 0.397 e. The van der Waals surface area contributed by atoms with Gasteiger partial charge < -0.3 is 16.0 Å². The molecule has 1 atom stereocenters. The molecule has 2 aromatic rings. The number of aromatic amines is 1. The number of nitrogens with one attached hydrogen (secondary N) is 2. The molecule has 1 aromatic heterocycles. The molecule has 1 unspecified atom stereocenters. The number of rotatable bonds is 4. The molecule has 1 amide bonds. The van der Waals surface area contributed by atoms with Gasteiger partial charge in [0.25, 0.3) is 5.91 Å². The van der Waals surface area contributed by atoms with Gasteiger partial charge in [-0.25, -0.2) is 0 Å². The van der Waals surface area contributed by atoms with Crippen molar-refractivity contribution in [3.8, 4) is 0 Å². The van der Waals surface area contributed by atoms with Crippen LogP contribution in [0.1, 0.15) is 23.0 Å². The summed E-state index contributed by atoms with van der Waals surface area (Å²) in [5.41, 5.74) is 7.82. The van der Waals surface area contributed by atoms with Gasteiger partial charge in [-0.3, -0.25) is 4.79 Å². The average molecular weight is 243 g/mol. The van der Waals surface area contributed by atoms with Gasteiger partial charge in [-0.1, -0.05) is 30.3 Å². The Morgan fingerprint density at radius 3 is 2.72 bits per heavy atom. The molecule has 0 radical (unpaired) electrons. The lowest BCUT2D eigenvalue weighted by atomic mass is 10.1. The predicted molar refractivity (Wildman–Crippen MR) is 72.3 cm³/mol. The molecule has 0 aliphatic carbocycles. The van der Waals surface area contributed by atoms with Gasteiger partial charge in [0.15, 0.2) is 0 Å². The summed E-state index contributed by atoms with van der Waals surface area (Å²) in [6.45, 7) is 1.98. The van der Waals surface area contributed by atoms with Gasteiger partial charge in [0.1, 0.15) is 5.69 Å². The zero-order valence-corrected chi connectivity index (χ0v) is 10.3. The van der Waals surface area contributed by atoms with Crippen LogP contribution in [0.3, 0.4) is 0 Å². The molecule has 1 aromatic carbocycles. The molecule has 0 aliphatic heterocycles. The summed E-state index contributed by atoms with van der Waals surface area (Å²) in [6.07, 6.45) is 2.42. The number of benzene rings is 1. The Bertz CT molecular complexity index is 519. The third-order valence-electron chi connectivity index (χ3n) is 2.71. The molecular formula is C14H17N3O. The summed E-state index contributed by atoms with van der Waals surface area (Å²) in [5.74, 6) is -0.130. The van der Waals surface area contributed by atoms with Gasteiger partial charge in [0.2, 0.25) is 0 Å². The topological polar surface area (TPSA) is 70.9 Å². The summed E-state index contributed by atoms with van der Waals surface area (Å²) in [4.78, 5) is 14.7. The Morgan fingerprint density at radius 1 is 1.39 bits per heavy atom. The number of hydrogen-bond donors (Lipinski definition) is 3. The van der Waals surface area contributed by atoms with Crippen LogP contribution in [-0.2, 0) is 6.42 Å². The van der Waals surface area contributed by atoms with E-state index in [1.54, 1.807) is 12.3 Å². The third-order valence-corrected chi connectivity index (χ3v) is 2.71. The summed E-state index contributed by atoms with van der Waals surface area (Å²) in [7, 11) is 0. The van der Waals surface area contributed by atoms with Gasteiger partial charge in [-0.2, -0.15) is 0 Å². The molecule has 0 bridgehead atoms. The fourth-order valence-electron chi connectivity index (χ4n) is 1.86. The molecule has 0 saturated heterocycles. The molecule has 0 spiro atoms. The first-order valence-electron chi connectivity index (χ1n) is 5.94. The van der Waals surface area contributed by atoms with Crippen LogP contribution in [0.2, 0.25) is 0 Å². The highest BCUT2D eigenvalue weighted by atomic mass is 16.1. The Hall–Kier alpha value is -2.23. The Labute approximate surface area is 106 Å². The van der Waals surface area contributed by atoms with Crippen LogP contribution in [0, 0.1) is 0 Å². The zero-order chi connectivity index (χ0) is 13.0. The molecule has 4 heteroatoms. The van der Waals surface area contributed by atoms with Crippen LogP contribution in [0.15, 0.2) is 42.6 Å². The van der Waals surface area contributed by atoms with Crippen molar-refractivity contribution >= 4 is 11.6 Å². The fraction of sp³-hybridized carbons (Fsp3) is 0.214. The SMILES string of the molecule is CC(Cc1ccccc1)NC(=O)c1cc(N)c[nH]1. The van der Waals surface area contributed by atoms with Crippen molar-refractivity contribution in [3.05, 3.63) is 53.9 Å². The van der Waals surface area contributed by atoms with Crippen LogP contribution >= 0.6 is 0 Å². The maximum absolute atomic E-state index is 11.9. The number of anilines is 1. The third kappa shape index (κ3) is 3.13. The van der Waals surface area contributed by atoms with E-state index in [2.05, 4.69) is 22.4 Å². The predicted octanol–water partition coefficient (Wildman–Crippen LogP) is 1.96. The Morgan fingerprint density at radius 2 is 2.11 bits per heavy atom. The van der Waals surface area contributed by atoms with E-state index in [1.165, 1.54) is 5.56 Å². The van der Waals surface area contributed by atoms with Crippen molar-refractivity contribution < 1.29 is 4.79 Å². The van der Waals surface area contributed by atoms with Crippen molar-refractivity contribution in [2.75, 3.05) is 5.73 Å². The standard InChI is InChI=1S/C14H17N3O/c1-10(7-11-5-3-2-4-6-11)17-14(18)13-8-12(15)9-16-13/h2-6,8-10,16H,7,15H2,1H3,(H,17,18). The molecule has 0 fully saturated rings. The van der Waals surface area contributed by atoms with Crippen LogP contribution in [0.4, 0.5) is 5.69 Å². The Balaban J connectivity index is 1.92. The lowest BCUT2D eigenvalue weighted by Crippen LogP contribution is -2.34. The number of amides is 1. The molecular weight excluding hydrogens is 226 g/mol. The highest BCUT2D eigenvalue weighted by molar-refractivity contribution is 5.93. The van der Waals surface area contributed by atoms with Crippen LogP contribution in [-0.4, -0.2) is 16.9 Å². The summed E-state index contributed by atoms with van der Waals surface area (Å²) in [5, 5.41) is 2.93. The van der Waals surface area contributed by atoms with Crippen molar-refractivity contribution in [1.29, 1.82) is 0 Å². The fourth-order valence-corrected chi connectivity index (χ4v) is 1.86. The van der Waals surface area contributed by atoms with Crippen molar-refractivity contribution in [2.45, 2.75) is 19.4 Å². The Kier molecular flexibility index (Phi) is 3.67. The van der Waals surface area contributed by atoms with E-state index in [4.69, 9.17) is 5.73 Å². The van der Waals surface area contributed by atoms with Crippen molar-refractivity contribution in [3.63, 3.8) is 0 Å². The van der Waals surface area contributed by atoms with Gasteiger partial charge >= 0.3 is 0 Å². The van der Waals surface area contributed by atoms with Crippen LogP contribution in [0.5, 0.6) is 0 Å². The molecule has 2 rings (SSSR count). The first-order valence-corrected chi connectivity index (χ1v) is 5.94. The highest BCUT2D eigenvalue weighted by Gasteiger charge is 2.11. The number of aromatic nitrogens is 1. The van der Waals surface area contributed by atoms with E-state index >= 15 is 0 Å². The second-order valence-corrected chi connectivity index (χ2v) is 4.41. The number of H-pyrrole nitrogens is 1. The smallest absolute Gasteiger partial charge is 0.267 e. The van der Waals surface area contributed by atoms with Gasteiger partial charge in [0, 0.05) is 17.9 Å². The van der Waals surface area contributed by atoms with Gasteiger partial charge in [0.05, 0.1) is 0 Å². The van der Waals surface area contributed by atoms with Crippen LogP contribution in [0.25, 0.3) is 0 Å². The molecule has 1 heterocycles. The normalized spacial score (nSPS) is 12.1. The lowest BCUT2D eigenvalue weighted by Gasteiger charge is -2.13. The molecule has 94 valence electrons. The second kappa shape index (κ2) is 5.40. The average Bonchev–Trinajstić information content (AvgIpc) is 2.77. The van der Waals surface area contributed by atoms with E-state index in [9.17, 15) is 4.79 Å². The number of nitrogen functional groups attached to an aromatic ring is 1. The molecule has 0 saturated carbocycles. The van der Waals surface area contributed by atoms with E-state index in [-0.39, 0.29) is 11.9 Å². The maximum atomic E-state index is 11.9. The minimum absolute atomic E-state index is 0.0735. The number of carbonyl (C=O) groups is 1. The minimum Gasteiger partial charge on any atom is -0.397 e. The zero-order valence-electron chi connectivity index (χ0n) is 10.3. The first kappa shape index (κ1) is 12.2. The molecule has 18 heavy (non-hydrogen) atoms. The number of carbonyl (C=O) groups excluding carboxylic acids is 1. The van der Waals surface area contributed by atoms with E-state index in [0.29, 0.717) is 11.4 Å². The van der Waals surface area contributed by atoms with E-state index < -0.39 is 0 Å². The lowest BCUT2D eigenvalue weighted by molar-refractivity contribution is 0.0935. The van der Waals surface area contributed by atoms with Crippen molar-refractivity contribution in [1.82, 2.24) is 10.3 Å². The summed E-state index contributed by atoms with van der Waals surface area (Å²) >= 11 is 0. The first-order chi connectivity index (χ1) is 8.65. The van der Waals surface area contributed by atoms with Crippen LogP contribution < -0.4 is 11.1 Å². The number of nitrogens with two attached hydrogens (primary N) is 1. The monoisotopic (exact) mass is 243 g/mol. The number of hydrogen-bond acceptors (Lipinski definition) is 2. The van der Waals surface area contributed by atoms with E-state index in [1.807, 2.05) is 25.1 Å². The summed E-state index contributed by atoms with van der Waals surface area (Å²) < 4.78 is 0. The molecule has 4 nitrogen and oxygen atoms in total. The molecule has 4 N–H and O–H groups in total. The quantitative estimate of drug-likeness (QED) is 0.768. The summed E-state index contributed by atoms with van der Waals surface area (Å²) in [6, 6.07) is 11.8. The van der Waals surface area contributed by atoms with Gasteiger partial charge in [-0.05, 0) is 25.0 Å². The van der Waals surface area contributed by atoms with Gasteiger partial charge in [-0.15, -0.1) is 0 Å². The molecule has 0 aliphatic rings. The second-order valence-electron chi connectivity index (χ2n) is 4.41. The van der Waals surface area contributed by atoms with Crippen molar-refractivity contribution in [2.24, 2.45) is 0 Å². The van der Waals surface area contributed by atoms with E-state index in [0.717, 1.165) is 6.42 Å².